The van der Waals surface area contributed by atoms with Crippen LogP contribution in [0.5, 0.6) is 0 Å². The summed E-state index contributed by atoms with van der Waals surface area (Å²) in [6, 6.07) is 5.59. The standard InChI is InChI=1S/C21H24Cl2N4O2/c1-2-27-12-15(11-24-27)25-20(28)13-5-7-26(8-6-13)21(29)17-10-16(17)14-3-4-18(22)19(23)9-14/h3-4,9,11-13,16-17H,2,5-8,10H2,1H3,(H,25,28). The Balaban J connectivity index is 1.27. The zero-order valence-corrected chi connectivity index (χ0v) is 17.8. The van der Waals surface area contributed by atoms with E-state index in [1.54, 1.807) is 16.9 Å². The minimum absolute atomic E-state index is 0.00727. The maximum absolute atomic E-state index is 12.9. The molecule has 1 N–H and O–H groups in total. The lowest BCUT2D eigenvalue weighted by Gasteiger charge is -2.31. The van der Waals surface area contributed by atoms with Crippen molar-refractivity contribution in [2.45, 2.75) is 38.6 Å². The zero-order chi connectivity index (χ0) is 20.5. The van der Waals surface area contributed by atoms with E-state index < -0.39 is 0 Å². The Bertz CT molecular complexity index is 921. The van der Waals surface area contributed by atoms with Gasteiger partial charge in [0.1, 0.15) is 0 Å². The Morgan fingerprint density at radius 2 is 1.97 bits per heavy atom. The smallest absolute Gasteiger partial charge is 0.227 e. The lowest BCUT2D eigenvalue weighted by atomic mass is 9.95. The van der Waals surface area contributed by atoms with Gasteiger partial charge in [-0.25, -0.2) is 0 Å². The van der Waals surface area contributed by atoms with Gasteiger partial charge >= 0.3 is 0 Å². The van der Waals surface area contributed by atoms with Crippen LogP contribution in [0.2, 0.25) is 10.0 Å². The predicted octanol–water partition coefficient (Wildman–Crippen LogP) is 4.19. The van der Waals surface area contributed by atoms with Crippen LogP contribution < -0.4 is 5.32 Å². The highest BCUT2D eigenvalue weighted by atomic mass is 35.5. The fraction of sp³-hybridized carbons (Fsp3) is 0.476. The second-order valence-electron chi connectivity index (χ2n) is 7.80. The molecule has 6 nitrogen and oxygen atoms in total. The van der Waals surface area contributed by atoms with Crippen molar-refractivity contribution in [1.29, 1.82) is 0 Å². The van der Waals surface area contributed by atoms with Crippen molar-refractivity contribution in [2.24, 2.45) is 11.8 Å². The van der Waals surface area contributed by atoms with Gasteiger partial charge < -0.3 is 10.2 Å². The van der Waals surface area contributed by atoms with Gasteiger partial charge in [-0.2, -0.15) is 5.10 Å². The van der Waals surface area contributed by atoms with E-state index in [-0.39, 0.29) is 29.6 Å². The molecule has 2 atom stereocenters. The highest BCUT2D eigenvalue weighted by Gasteiger charge is 2.46. The van der Waals surface area contributed by atoms with Crippen LogP contribution in [0.25, 0.3) is 0 Å². The molecule has 2 aliphatic rings. The predicted molar refractivity (Wildman–Crippen MR) is 113 cm³/mol. The van der Waals surface area contributed by atoms with Gasteiger partial charge in [-0.3, -0.25) is 14.3 Å². The summed E-state index contributed by atoms with van der Waals surface area (Å²) in [6.07, 6.45) is 5.70. The summed E-state index contributed by atoms with van der Waals surface area (Å²) in [5.74, 6) is 0.344. The van der Waals surface area contributed by atoms with E-state index in [2.05, 4.69) is 10.4 Å². The first-order valence-corrected chi connectivity index (χ1v) is 10.8. The summed E-state index contributed by atoms with van der Waals surface area (Å²) < 4.78 is 1.77. The van der Waals surface area contributed by atoms with Crippen LogP contribution in [0, 0.1) is 11.8 Å². The number of anilines is 1. The minimum Gasteiger partial charge on any atom is -0.342 e. The molecule has 2 heterocycles. The van der Waals surface area contributed by atoms with Gasteiger partial charge in [0.15, 0.2) is 0 Å². The first-order chi connectivity index (χ1) is 14.0. The van der Waals surface area contributed by atoms with Crippen LogP contribution in [0.3, 0.4) is 0 Å². The molecular formula is C21H24Cl2N4O2. The lowest BCUT2D eigenvalue weighted by Crippen LogP contribution is -2.42. The molecule has 1 aromatic carbocycles. The topological polar surface area (TPSA) is 67.2 Å². The molecule has 1 aliphatic heterocycles. The van der Waals surface area contributed by atoms with E-state index in [1.807, 2.05) is 30.2 Å². The fourth-order valence-electron chi connectivity index (χ4n) is 4.02. The average Bonchev–Trinajstić information content (AvgIpc) is 3.41. The molecular weight excluding hydrogens is 411 g/mol. The maximum Gasteiger partial charge on any atom is 0.227 e. The zero-order valence-electron chi connectivity index (χ0n) is 16.3. The fourth-order valence-corrected chi connectivity index (χ4v) is 4.33. The molecule has 154 valence electrons. The molecule has 0 spiro atoms. The number of halogens is 2. The van der Waals surface area contributed by atoms with Gasteiger partial charge in [0.2, 0.25) is 11.8 Å². The van der Waals surface area contributed by atoms with Gasteiger partial charge in [-0.05, 0) is 49.8 Å². The Morgan fingerprint density at radius 1 is 1.21 bits per heavy atom. The summed E-state index contributed by atoms with van der Waals surface area (Å²) in [4.78, 5) is 27.3. The second-order valence-corrected chi connectivity index (χ2v) is 8.61. The number of amides is 2. The molecule has 2 fully saturated rings. The van der Waals surface area contributed by atoms with E-state index in [1.165, 1.54) is 0 Å². The van der Waals surface area contributed by atoms with Gasteiger partial charge in [0.05, 0.1) is 21.9 Å². The van der Waals surface area contributed by atoms with Crippen LogP contribution in [-0.2, 0) is 16.1 Å². The number of carbonyl (C=O) groups is 2. The van der Waals surface area contributed by atoms with Crippen LogP contribution in [0.15, 0.2) is 30.6 Å². The van der Waals surface area contributed by atoms with E-state index in [0.29, 0.717) is 36.0 Å². The molecule has 0 bridgehead atoms. The highest BCUT2D eigenvalue weighted by molar-refractivity contribution is 6.42. The van der Waals surface area contributed by atoms with Crippen molar-refractivity contribution in [3.63, 3.8) is 0 Å². The third-order valence-electron chi connectivity index (χ3n) is 5.88. The summed E-state index contributed by atoms with van der Waals surface area (Å²) in [6.45, 7) is 4.00. The number of rotatable bonds is 5. The summed E-state index contributed by atoms with van der Waals surface area (Å²) in [7, 11) is 0. The number of aryl methyl sites for hydroxylation is 1. The van der Waals surface area contributed by atoms with Gasteiger partial charge in [0, 0.05) is 37.7 Å². The van der Waals surface area contributed by atoms with Crippen molar-refractivity contribution in [1.82, 2.24) is 14.7 Å². The van der Waals surface area contributed by atoms with Crippen molar-refractivity contribution in [3.05, 3.63) is 46.2 Å². The normalized spacial score (nSPS) is 21.8. The Morgan fingerprint density at radius 3 is 2.62 bits per heavy atom. The van der Waals surface area contributed by atoms with Crippen LogP contribution in [0.4, 0.5) is 5.69 Å². The van der Waals surface area contributed by atoms with E-state index in [0.717, 1.165) is 24.2 Å². The number of benzene rings is 1. The largest absolute Gasteiger partial charge is 0.342 e. The minimum atomic E-state index is -0.0749. The number of piperidine rings is 1. The van der Waals surface area contributed by atoms with E-state index in [4.69, 9.17) is 23.2 Å². The molecule has 1 saturated carbocycles. The lowest BCUT2D eigenvalue weighted by molar-refractivity contribution is -0.135. The number of carbonyl (C=O) groups excluding carboxylic acids is 2. The number of likely N-dealkylation sites (tertiary alicyclic amines) is 1. The van der Waals surface area contributed by atoms with E-state index >= 15 is 0 Å². The molecule has 2 amide bonds. The quantitative estimate of drug-likeness (QED) is 0.766. The second kappa shape index (κ2) is 8.36. The molecule has 1 aliphatic carbocycles. The highest BCUT2D eigenvalue weighted by Crippen LogP contribution is 2.49. The molecule has 2 aromatic rings. The van der Waals surface area contributed by atoms with Crippen LogP contribution >= 0.6 is 23.2 Å². The molecule has 8 heteroatoms. The van der Waals surface area contributed by atoms with Gasteiger partial charge in [0.25, 0.3) is 0 Å². The number of hydrogen-bond acceptors (Lipinski definition) is 3. The molecule has 4 rings (SSSR count). The van der Waals surface area contributed by atoms with Crippen molar-refractivity contribution < 1.29 is 9.59 Å². The number of hydrogen-bond donors (Lipinski definition) is 1. The molecule has 0 radical (unpaired) electrons. The third kappa shape index (κ3) is 4.43. The van der Waals surface area contributed by atoms with E-state index in [9.17, 15) is 9.59 Å². The Hall–Kier alpha value is -2.05. The monoisotopic (exact) mass is 434 g/mol. The molecule has 2 unspecified atom stereocenters. The Labute approximate surface area is 180 Å². The molecule has 1 saturated heterocycles. The van der Waals surface area contributed by atoms with Gasteiger partial charge in [-0.15, -0.1) is 0 Å². The summed E-state index contributed by atoms with van der Waals surface area (Å²) in [5, 5.41) is 8.16. The first-order valence-electron chi connectivity index (χ1n) is 10.0. The molecule has 29 heavy (non-hydrogen) atoms. The summed E-state index contributed by atoms with van der Waals surface area (Å²) in [5.41, 5.74) is 1.79. The van der Waals surface area contributed by atoms with Crippen LogP contribution in [-0.4, -0.2) is 39.6 Å². The number of nitrogens with zero attached hydrogens (tertiary/aromatic N) is 3. The average molecular weight is 435 g/mol. The SMILES string of the molecule is CCn1cc(NC(=O)C2CCN(C(=O)C3CC3c3ccc(Cl)c(Cl)c3)CC2)cn1. The first kappa shape index (κ1) is 20.2. The third-order valence-corrected chi connectivity index (χ3v) is 6.62. The van der Waals surface area contributed by atoms with Crippen molar-refractivity contribution >= 4 is 40.7 Å². The van der Waals surface area contributed by atoms with Crippen molar-refractivity contribution in [3.8, 4) is 0 Å². The number of nitrogens with one attached hydrogen (secondary N) is 1. The van der Waals surface area contributed by atoms with Crippen molar-refractivity contribution in [2.75, 3.05) is 18.4 Å². The van der Waals surface area contributed by atoms with Gasteiger partial charge in [-0.1, -0.05) is 29.3 Å². The summed E-state index contributed by atoms with van der Waals surface area (Å²) >= 11 is 12.1. The number of aromatic nitrogens is 2. The maximum atomic E-state index is 12.9. The molecule has 1 aromatic heterocycles. The Kier molecular flexibility index (Phi) is 5.83. The van der Waals surface area contributed by atoms with Crippen LogP contribution in [0.1, 0.15) is 37.7 Å².